The summed E-state index contributed by atoms with van der Waals surface area (Å²) >= 11 is 1.53. The average Bonchev–Trinajstić information content (AvgIpc) is 2.73. The summed E-state index contributed by atoms with van der Waals surface area (Å²) in [5.74, 6) is -0.0174. The first-order valence-electron chi connectivity index (χ1n) is 4.12. The van der Waals surface area contributed by atoms with E-state index in [4.69, 9.17) is 0 Å². The van der Waals surface area contributed by atoms with Crippen molar-refractivity contribution in [3.63, 3.8) is 0 Å². The van der Waals surface area contributed by atoms with Crippen molar-refractivity contribution in [1.82, 2.24) is 15.0 Å². The quantitative estimate of drug-likeness (QED) is 0.700. The Labute approximate surface area is 85.2 Å². The monoisotopic (exact) mass is 207 g/mol. The Hall–Kier alpha value is -1.49. The summed E-state index contributed by atoms with van der Waals surface area (Å²) in [5.41, 5.74) is 2.26. The van der Waals surface area contributed by atoms with E-state index < -0.39 is 0 Å². The molecule has 4 nitrogen and oxygen atoms in total. The van der Waals surface area contributed by atoms with E-state index in [-0.39, 0.29) is 5.78 Å². The van der Waals surface area contributed by atoms with Crippen molar-refractivity contribution < 1.29 is 4.79 Å². The summed E-state index contributed by atoms with van der Waals surface area (Å²) in [6.07, 6.45) is 1.49. The summed E-state index contributed by atoms with van der Waals surface area (Å²) in [7, 11) is 1.71. The molecule has 0 saturated heterocycles. The minimum absolute atomic E-state index is 0.0174. The lowest BCUT2D eigenvalue weighted by atomic mass is 10.1. The Morgan fingerprint density at radius 3 is 2.79 bits per heavy atom. The van der Waals surface area contributed by atoms with Gasteiger partial charge in [-0.1, -0.05) is 5.21 Å². The van der Waals surface area contributed by atoms with Gasteiger partial charge in [0.15, 0.2) is 0 Å². The van der Waals surface area contributed by atoms with Crippen LogP contribution in [0.1, 0.15) is 21.6 Å². The van der Waals surface area contributed by atoms with Crippen molar-refractivity contribution in [3.8, 4) is 0 Å². The molecule has 0 bridgehead atoms. The van der Waals surface area contributed by atoms with Crippen LogP contribution in [0.25, 0.3) is 0 Å². The van der Waals surface area contributed by atoms with Gasteiger partial charge in [-0.15, -0.1) is 5.10 Å². The van der Waals surface area contributed by atoms with E-state index in [1.165, 1.54) is 22.2 Å². The molecule has 0 aliphatic heterocycles. The Morgan fingerprint density at radius 1 is 1.50 bits per heavy atom. The fourth-order valence-electron chi connectivity index (χ4n) is 1.23. The molecule has 0 atom stereocenters. The number of nitrogens with zero attached hydrogens (tertiary/aromatic N) is 3. The smallest absolute Gasteiger partial charge is 0.213 e. The van der Waals surface area contributed by atoms with Crippen LogP contribution in [0.3, 0.4) is 0 Å². The maximum Gasteiger partial charge on any atom is 0.213 e. The van der Waals surface area contributed by atoms with Gasteiger partial charge in [0.25, 0.3) is 0 Å². The third kappa shape index (κ3) is 1.35. The molecule has 0 aliphatic carbocycles. The fourth-order valence-corrected chi connectivity index (χ4v) is 2.05. The molecule has 14 heavy (non-hydrogen) atoms. The molecule has 2 rings (SSSR count). The standard InChI is InChI=1S/C9H9N3OS/c1-6-4-14-5-7(6)9(13)8-3-10-11-12(8)2/h3-5H,1-2H3. The number of carbonyl (C=O) groups is 1. The minimum Gasteiger partial charge on any atom is -0.287 e. The van der Waals surface area contributed by atoms with E-state index in [0.29, 0.717) is 5.69 Å². The van der Waals surface area contributed by atoms with Crippen molar-refractivity contribution in [2.75, 3.05) is 0 Å². The van der Waals surface area contributed by atoms with Gasteiger partial charge in [-0.05, 0) is 17.9 Å². The zero-order chi connectivity index (χ0) is 10.1. The summed E-state index contributed by atoms with van der Waals surface area (Å²) in [6, 6.07) is 0. The minimum atomic E-state index is -0.0174. The molecule has 0 amide bonds. The van der Waals surface area contributed by atoms with Gasteiger partial charge in [0.05, 0.1) is 6.20 Å². The molecule has 0 aliphatic rings. The van der Waals surface area contributed by atoms with Crippen molar-refractivity contribution >= 4 is 17.1 Å². The predicted octanol–water partition coefficient (Wildman–Crippen LogP) is 1.42. The molecule has 0 radical (unpaired) electrons. The lowest BCUT2D eigenvalue weighted by Crippen LogP contribution is -2.08. The van der Waals surface area contributed by atoms with Crippen molar-refractivity contribution in [2.45, 2.75) is 6.92 Å². The summed E-state index contributed by atoms with van der Waals surface area (Å²) in [4.78, 5) is 11.9. The number of ketones is 1. The van der Waals surface area contributed by atoms with E-state index in [1.54, 1.807) is 7.05 Å². The molecule has 5 heteroatoms. The zero-order valence-corrected chi connectivity index (χ0v) is 8.71. The van der Waals surface area contributed by atoms with Crippen LogP contribution >= 0.6 is 11.3 Å². The third-order valence-electron chi connectivity index (χ3n) is 2.05. The number of thiophene rings is 1. The maximum atomic E-state index is 11.9. The van der Waals surface area contributed by atoms with Gasteiger partial charge in [0.2, 0.25) is 5.78 Å². The van der Waals surface area contributed by atoms with Crippen LogP contribution in [-0.4, -0.2) is 20.8 Å². The topological polar surface area (TPSA) is 47.8 Å². The van der Waals surface area contributed by atoms with Crippen LogP contribution in [-0.2, 0) is 7.05 Å². The molecule has 0 unspecified atom stereocenters. The zero-order valence-electron chi connectivity index (χ0n) is 7.89. The number of hydrogen-bond acceptors (Lipinski definition) is 4. The van der Waals surface area contributed by atoms with Crippen molar-refractivity contribution in [2.24, 2.45) is 7.05 Å². The van der Waals surface area contributed by atoms with Crippen LogP contribution in [0.5, 0.6) is 0 Å². The highest BCUT2D eigenvalue weighted by molar-refractivity contribution is 7.08. The number of rotatable bonds is 2. The first-order valence-corrected chi connectivity index (χ1v) is 5.06. The van der Waals surface area contributed by atoms with E-state index in [2.05, 4.69) is 10.3 Å². The Balaban J connectivity index is 2.44. The first-order chi connectivity index (χ1) is 6.70. The van der Waals surface area contributed by atoms with Gasteiger partial charge in [0, 0.05) is 18.0 Å². The van der Waals surface area contributed by atoms with E-state index in [9.17, 15) is 4.79 Å². The Morgan fingerprint density at radius 2 is 2.29 bits per heavy atom. The summed E-state index contributed by atoms with van der Waals surface area (Å²) in [5, 5.41) is 11.2. The molecule has 0 spiro atoms. The molecule has 0 fully saturated rings. The molecular weight excluding hydrogens is 198 g/mol. The van der Waals surface area contributed by atoms with Gasteiger partial charge < -0.3 is 0 Å². The second-order valence-electron chi connectivity index (χ2n) is 3.04. The second-order valence-corrected chi connectivity index (χ2v) is 3.78. The summed E-state index contributed by atoms with van der Waals surface area (Å²) < 4.78 is 1.49. The van der Waals surface area contributed by atoms with Crippen molar-refractivity contribution in [3.05, 3.63) is 33.8 Å². The maximum absolute atomic E-state index is 11.9. The lowest BCUT2D eigenvalue weighted by molar-refractivity contribution is 0.103. The van der Waals surface area contributed by atoms with Crippen LogP contribution in [0.2, 0.25) is 0 Å². The molecule has 2 aromatic heterocycles. The number of aromatic nitrogens is 3. The van der Waals surface area contributed by atoms with Crippen LogP contribution < -0.4 is 0 Å². The van der Waals surface area contributed by atoms with E-state index in [1.807, 2.05) is 17.7 Å². The van der Waals surface area contributed by atoms with E-state index in [0.717, 1.165) is 11.1 Å². The van der Waals surface area contributed by atoms with Gasteiger partial charge in [-0.2, -0.15) is 11.3 Å². The van der Waals surface area contributed by atoms with Gasteiger partial charge in [0.1, 0.15) is 5.69 Å². The number of carbonyl (C=O) groups excluding carboxylic acids is 1. The van der Waals surface area contributed by atoms with Gasteiger partial charge in [-0.25, -0.2) is 4.68 Å². The van der Waals surface area contributed by atoms with E-state index >= 15 is 0 Å². The largest absolute Gasteiger partial charge is 0.287 e. The fraction of sp³-hybridized carbons (Fsp3) is 0.222. The molecule has 72 valence electrons. The molecule has 0 saturated carbocycles. The van der Waals surface area contributed by atoms with Crippen molar-refractivity contribution in [1.29, 1.82) is 0 Å². The number of aryl methyl sites for hydroxylation is 2. The summed E-state index contributed by atoms with van der Waals surface area (Å²) in [6.45, 7) is 1.92. The molecule has 2 aromatic rings. The van der Waals surface area contributed by atoms with Gasteiger partial charge >= 0.3 is 0 Å². The molecule has 0 N–H and O–H groups in total. The normalized spacial score (nSPS) is 10.4. The van der Waals surface area contributed by atoms with Crippen LogP contribution in [0.15, 0.2) is 17.0 Å². The van der Waals surface area contributed by atoms with Crippen LogP contribution in [0, 0.1) is 6.92 Å². The predicted molar refractivity (Wildman–Crippen MR) is 53.5 cm³/mol. The number of hydrogen-bond donors (Lipinski definition) is 0. The molecule has 0 aromatic carbocycles. The highest BCUT2D eigenvalue weighted by Gasteiger charge is 2.15. The highest BCUT2D eigenvalue weighted by atomic mass is 32.1. The van der Waals surface area contributed by atoms with Gasteiger partial charge in [-0.3, -0.25) is 4.79 Å². The Kier molecular flexibility index (Phi) is 2.17. The second kappa shape index (κ2) is 3.34. The SMILES string of the molecule is Cc1cscc1C(=O)c1cnnn1C. The first kappa shape index (κ1) is 9.08. The molecule has 2 heterocycles. The third-order valence-corrected chi connectivity index (χ3v) is 2.91. The Bertz CT molecular complexity index is 430. The molecular formula is C9H9N3OS. The average molecular weight is 207 g/mol. The lowest BCUT2D eigenvalue weighted by Gasteiger charge is -1.98. The van der Waals surface area contributed by atoms with Crippen LogP contribution in [0.4, 0.5) is 0 Å². The highest BCUT2D eigenvalue weighted by Crippen LogP contribution is 2.17.